The molecule has 3 rings (SSSR count). The van der Waals surface area contributed by atoms with E-state index in [0.717, 1.165) is 18.6 Å². The van der Waals surface area contributed by atoms with Crippen LogP contribution in [0.3, 0.4) is 0 Å². The van der Waals surface area contributed by atoms with Crippen molar-refractivity contribution in [2.24, 2.45) is 0 Å². The molecular formula is C16H22O4S. The molecule has 1 N–H and O–H groups in total. The van der Waals surface area contributed by atoms with E-state index in [1.165, 1.54) is 10.5 Å². The van der Waals surface area contributed by atoms with Gasteiger partial charge in [-0.15, -0.1) is 11.8 Å². The van der Waals surface area contributed by atoms with Crippen molar-refractivity contribution in [3.63, 3.8) is 0 Å². The summed E-state index contributed by atoms with van der Waals surface area (Å²) in [6, 6.07) is 6.19. The van der Waals surface area contributed by atoms with Gasteiger partial charge in [0.2, 0.25) is 0 Å². The number of fused-ring (bicyclic) bond motifs is 1. The lowest BCUT2D eigenvalue weighted by atomic mass is 9.91. The SMILES string of the molecule is CCC1Sc2cccc(OCC3OCCO3)c2C1CCO. The molecule has 1 saturated heterocycles. The first-order valence-electron chi connectivity index (χ1n) is 7.60. The van der Waals surface area contributed by atoms with Crippen LogP contribution in [0.25, 0.3) is 0 Å². The van der Waals surface area contributed by atoms with Crippen molar-refractivity contribution in [3.05, 3.63) is 23.8 Å². The number of hydrogen-bond acceptors (Lipinski definition) is 5. The fourth-order valence-corrected chi connectivity index (χ4v) is 4.51. The lowest BCUT2D eigenvalue weighted by molar-refractivity contribution is -0.0686. The molecule has 0 bridgehead atoms. The Morgan fingerprint density at radius 1 is 1.33 bits per heavy atom. The Morgan fingerprint density at radius 2 is 2.14 bits per heavy atom. The number of ether oxygens (including phenoxy) is 3. The maximum absolute atomic E-state index is 9.37. The molecule has 2 heterocycles. The molecule has 2 atom stereocenters. The standard InChI is InChI=1S/C16H22O4S/c1-2-13-11(6-7-17)16-12(4-3-5-14(16)21-13)20-10-15-18-8-9-19-15/h3-5,11,13,15,17H,2,6-10H2,1H3. The Bertz CT molecular complexity index is 473. The van der Waals surface area contributed by atoms with E-state index in [2.05, 4.69) is 13.0 Å². The van der Waals surface area contributed by atoms with E-state index in [0.29, 0.717) is 31.0 Å². The third-order valence-electron chi connectivity index (χ3n) is 4.03. The van der Waals surface area contributed by atoms with Gasteiger partial charge in [0.25, 0.3) is 0 Å². The van der Waals surface area contributed by atoms with Crippen LogP contribution in [-0.2, 0) is 9.47 Å². The van der Waals surface area contributed by atoms with E-state index in [1.54, 1.807) is 0 Å². The molecule has 0 saturated carbocycles. The number of aliphatic hydroxyl groups is 1. The lowest BCUT2D eigenvalue weighted by Gasteiger charge is -2.20. The number of benzene rings is 1. The van der Waals surface area contributed by atoms with Crippen LogP contribution < -0.4 is 4.74 Å². The summed E-state index contributed by atoms with van der Waals surface area (Å²) in [5.41, 5.74) is 1.25. The van der Waals surface area contributed by atoms with E-state index in [-0.39, 0.29) is 12.9 Å². The third kappa shape index (κ3) is 3.21. The third-order valence-corrected chi connectivity index (χ3v) is 5.61. The monoisotopic (exact) mass is 310 g/mol. The van der Waals surface area contributed by atoms with E-state index < -0.39 is 0 Å². The molecule has 21 heavy (non-hydrogen) atoms. The van der Waals surface area contributed by atoms with Gasteiger partial charge < -0.3 is 19.3 Å². The number of hydrogen-bond donors (Lipinski definition) is 1. The van der Waals surface area contributed by atoms with Gasteiger partial charge in [-0.1, -0.05) is 13.0 Å². The highest BCUT2D eigenvalue weighted by Crippen LogP contribution is 2.51. The zero-order chi connectivity index (χ0) is 14.7. The fraction of sp³-hybridized carbons (Fsp3) is 0.625. The topological polar surface area (TPSA) is 47.9 Å². The number of rotatable bonds is 6. The summed E-state index contributed by atoms with van der Waals surface area (Å²) in [7, 11) is 0. The summed E-state index contributed by atoms with van der Waals surface area (Å²) in [4.78, 5) is 1.28. The van der Waals surface area contributed by atoms with Gasteiger partial charge >= 0.3 is 0 Å². The second-order valence-corrected chi connectivity index (χ2v) is 6.61. The van der Waals surface area contributed by atoms with Gasteiger partial charge in [0, 0.05) is 28.2 Å². The Labute approximate surface area is 129 Å². The largest absolute Gasteiger partial charge is 0.488 e. The predicted molar refractivity (Wildman–Crippen MR) is 82.0 cm³/mol. The molecule has 0 amide bonds. The van der Waals surface area contributed by atoms with Crippen LogP contribution in [0, 0.1) is 0 Å². The van der Waals surface area contributed by atoms with Gasteiger partial charge in [0.05, 0.1) is 13.2 Å². The Kier molecular flexibility index (Phi) is 5.06. The van der Waals surface area contributed by atoms with Crippen LogP contribution in [0.1, 0.15) is 31.2 Å². The first-order chi connectivity index (χ1) is 10.3. The van der Waals surface area contributed by atoms with Gasteiger partial charge in [-0.25, -0.2) is 0 Å². The van der Waals surface area contributed by atoms with Gasteiger partial charge in [0.1, 0.15) is 12.4 Å². The van der Waals surface area contributed by atoms with Gasteiger partial charge in [-0.2, -0.15) is 0 Å². The summed E-state index contributed by atoms with van der Waals surface area (Å²) < 4.78 is 16.8. The highest BCUT2D eigenvalue weighted by Gasteiger charge is 2.34. The van der Waals surface area contributed by atoms with E-state index in [1.807, 2.05) is 23.9 Å². The normalized spacial score (nSPS) is 25.2. The Morgan fingerprint density at radius 3 is 2.86 bits per heavy atom. The van der Waals surface area contributed by atoms with Crippen molar-refractivity contribution < 1.29 is 19.3 Å². The van der Waals surface area contributed by atoms with Crippen molar-refractivity contribution in [2.45, 2.75) is 42.1 Å². The molecule has 2 aliphatic heterocycles. The predicted octanol–water partition coefficient (Wildman–Crippen LogP) is 2.79. The van der Waals surface area contributed by atoms with Crippen LogP contribution in [0.15, 0.2) is 23.1 Å². The van der Waals surface area contributed by atoms with E-state index >= 15 is 0 Å². The molecule has 4 nitrogen and oxygen atoms in total. The Balaban J connectivity index is 1.77. The van der Waals surface area contributed by atoms with Crippen molar-refractivity contribution >= 4 is 11.8 Å². The quantitative estimate of drug-likeness (QED) is 0.875. The van der Waals surface area contributed by atoms with Gasteiger partial charge in [-0.05, 0) is 25.0 Å². The highest BCUT2D eigenvalue weighted by molar-refractivity contribution is 8.00. The summed E-state index contributed by atoms with van der Waals surface area (Å²) >= 11 is 1.90. The first kappa shape index (κ1) is 15.2. The summed E-state index contributed by atoms with van der Waals surface area (Å²) in [5, 5.41) is 9.89. The van der Waals surface area contributed by atoms with Crippen LogP contribution in [0.5, 0.6) is 5.75 Å². The molecule has 2 unspecified atom stereocenters. The van der Waals surface area contributed by atoms with E-state index in [9.17, 15) is 5.11 Å². The molecule has 5 heteroatoms. The van der Waals surface area contributed by atoms with Crippen LogP contribution in [0.4, 0.5) is 0 Å². The minimum Gasteiger partial charge on any atom is -0.488 e. The Hall–Kier alpha value is -0.750. The van der Waals surface area contributed by atoms with Crippen LogP contribution >= 0.6 is 11.8 Å². The minimum atomic E-state index is -0.256. The van der Waals surface area contributed by atoms with Crippen molar-refractivity contribution in [1.82, 2.24) is 0 Å². The average molecular weight is 310 g/mol. The zero-order valence-electron chi connectivity index (χ0n) is 12.3. The molecule has 0 aromatic heterocycles. The fourth-order valence-electron chi connectivity index (χ4n) is 3.05. The molecule has 1 aromatic rings. The molecule has 116 valence electrons. The summed E-state index contributed by atoms with van der Waals surface area (Å²) in [6.07, 6.45) is 1.63. The highest BCUT2D eigenvalue weighted by atomic mass is 32.2. The molecule has 0 spiro atoms. The second kappa shape index (κ2) is 7.01. The average Bonchev–Trinajstić information content (AvgIpc) is 3.13. The number of aliphatic hydroxyl groups excluding tert-OH is 1. The van der Waals surface area contributed by atoms with Crippen molar-refractivity contribution in [2.75, 3.05) is 26.4 Å². The van der Waals surface area contributed by atoms with Gasteiger partial charge in [-0.3, -0.25) is 0 Å². The maximum Gasteiger partial charge on any atom is 0.191 e. The van der Waals surface area contributed by atoms with Crippen molar-refractivity contribution in [1.29, 1.82) is 0 Å². The lowest BCUT2D eigenvalue weighted by Crippen LogP contribution is -2.19. The summed E-state index contributed by atoms with van der Waals surface area (Å²) in [6.45, 7) is 4.12. The molecule has 0 aliphatic carbocycles. The van der Waals surface area contributed by atoms with Gasteiger partial charge in [0.15, 0.2) is 6.29 Å². The smallest absolute Gasteiger partial charge is 0.191 e. The van der Waals surface area contributed by atoms with Crippen molar-refractivity contribution in [3.8, 4) is 5.75 Å². The molecule has 1 aromatic carbocycles. The second-order valence-electron chi connectivity index (χ2n) is 5.33. The number of thioether (sulfide) groups is 1. The summed E-state index contributed by atoms with van der Waals surface area (Å²) in [5.74, 6) is 1.27. The maximum atomic E-state index is 9.37. The first-order valence-corrected chi connectivity index (χ1v) is 8.48. The van der Waals surface area contributed by atoms with Crippen LogP contribution in [-0.4, -0.2) is 43.1 Å². The minimum absolute atomic E-state index is 0.213. The van der Waals surface area contributed by atoms with Crippen LogP contribution in [0.2, 0.25) is 0 Å². The van der Waals surface area contributed by atoms with E-state index in [4.69, 9.17) is 14.2 Å². The molecule has 2 aliphatic rings. The molecule has 0 radical (unpaired) electrons. The molecular weight excluding hydrogens is 288 g/mol. The zero-order valence-corrected chi connectivity index (χ0v) is 13.1. The molecule has 1 fully saturated rings.